The summed E-state index contributed by atoms with van der Waals surface area (Å²) in [6.07, 6.45) is 3.52. The van der Waals surface area contributed by atoms with Crippen LogP contribution >= 0.6 is 0 Å². The average molecular weight is 443 g/mol. The van der Waals surface area contributed by atoms with E-state index in [4.69, 9.17) is 4.74 Å². The first-order valence-electron chi connectivity index (χ1n) is 12.1. The van der Waals surface area contributed by atoms with Crippen molar-refractivity contribution in [2.75, 3.05) is 18.0 Å². The summed E-state index contributed by atoms with van der Waals surface area (Å²) in [5.41, 5.74) is 3.58. The van der Waals surface area contributed by atoms with Gasteiger partial charge in [0.25, 0.3) is 0 Å². The molecule has 0 bridgehead atoms. The van der Waals surface area contributed by atoms with E-state index >= 15 is 0 Å². The molecule has 1 amide bonds. The molecule has 3 aromatic rings. The van der Waals surface area contributed by atoms with E-state index < -0.39 is 0 Å². The predicted molar refractivity (Wildman–Crippen MR) is 135 cm³/mol. The Morgan fingerprint density at radius 3 is 2.24 bits per heavy atom. The fourth-order valence-corrected chi connectivity index (χ4v) is 4.55. The van der Waals surface area contributed by atoms with Gasteiger partial charge in [0.05, 0.1) is 0 Å². The lowest BCUT2D eigenvalue weighted by Gasteiger charge is -2.38. The van der Waals surface area contributed by atoms with E-state index in [2.05, 4.69) is 54.3 Å². The van der Waals surface area contributed by atoms with Gasteiger partial charge in [0.2, 0.25) is 5.91 Å². The first-order chi connectivity index (χ1) is 16.2. The number of aryl methyl sites for hydroxylation is 1. The second-order valence-electron chi connectivity index (χ2n) is 8.71. The minimum Gasteiger partial charge on any atom is -0.457 e. The van der Waals surface area contributed by atoms with Crippen LogP contribution in [0.3, 0.4) is 0 Å². The van der Waals surface area contributed by atoms with Gasteiger partial charge in [-0.15, -0.1) is 0 Å². The van der Waals surface area contributed by atoms with Crippen molar-refractivity contribution in [3.8, 4) is 11.5 Å². The summed E-state index contributed by atoms with van der Waals surface area (Å²) in [5, 5.41) is 0. The van der Waals surface area contributed by atoms with Crippen LogP contribution in [0.25, 0.3) is 0 Å². The van der Waals surface area contributed by atoms with E-state index in [9.17, 15) is 4.79 Å². The quantitative estimate of drug-likeness (QED) is 0.402. The van der Waals surface area contributed by atoms with Crippen molar-refractivity contribution in [2.24, 2.45) is 0 Å². The molecule has 1 heterocycles. The molecule has 1 saturated heterocycles. The monoisotopic (exact) mass is 442 g/mol. The number of para-hydroxylation sites is 1. The topological polar surface area (TPSA) is 32.8 Å². The van der Waals surface area contributed by atoms with Gasteiger partial charge in [-0.25, -0.2) is 0 Å². The van der Waals surface area contributed by atoms with E-state index in [1.165, 1.54) is 11.1 Å². The number of rotatable bonds is 8. The maximum absolute atomic E-state index is 12.8. The largest absolute Gasteiger partial charge is 0.457 e. The van der Waals surface area contributed by atoms with Crippen molar-refractivity contribution in [3.63, 3.8) is 0 Å². The van der Waals surface area contributed by atoms with Crippen LogP contribution in [0.2, 0.25) is 0 Å². The van der Waals surface area contributed by atoms with Crippen LogP contribution in [-0.4, -0.2) is 29.9 Å². The second kappa shape index (κ2) is 11.2. The molecule has 172 valence electrons. The number of benzene rings is 3. The molecule has 0 N–H and O–H groups in total. The lowest BCUT2D eigenvalue weighted by molar-refractivity contribution is -0.119. The Hall–Kier alpha value is -3.11. The first-order valence-corrected chi connectivity index (χ1v) is 12.1. The maximum atomic E-state index is 12.8. The number of ether oxygens (including phenoxy) is 1. The molecule has 1 aliphatic rings. The Morgan fingerprint density at radius 2 is 1.58 bits per heavy atom. The van der Waals surface area contributed by atoms with Crippen LogP contribution in [0.4, 0.5) is 5.69 Å². The average Bonchev–Trinajstić information content (AvgIpc) is 2.86. The molecule has 1 fully saturated rings. The van der Waals surface area contributed by atoms with Crippen molar-refractivity contribution >= 4 is 11.6 Å². The van der Waals surface area contributed by atoms with Gasteiger partial charge in [-0.2, -0.15) is 0 Å². The Morgan fingerprint density at radius 1 is 0.879 bits per heavy atom. The molecular weight excluding hydrogens is 408 g/mol. The van der Waals surface area contributed by atoms with Gasteiger partial charge in [0.1, 0.15) is 11.5 Å². The molecule has 0 aliphatic carbocycles. The maximum Gasteiger partial charge on any atom is 0.226 e. The van der Waals surface area contributed by atoms with Crippen molar-refractivity contribution < 1.29 is 9.53 Å². The highest BCUT2D eigenvalue weighted by Crippen LogP contribution is 2.27. The molecule has 4 heteroatoms. The number of hydrogen-bond donors (Lipinski definition) is 0. The van der Waals surface area contributed by atoms with Gasteiger partial charge in [-0.1, -0.05) is 56.3 Å². The minimum absolute atomic E-state index is 0.212. The highest BCUT2D eigenvalue weighted by Gasteiger charge is 2.28. The molecule has 0 atom stereocenters. The lowest BCUT2D eigenvalue weighted by Crippen LogP contribution is -2.47. The van der Waals surface area contributed by atoms with Gasteiger partial charge in [0, 0.05) is 37.8 Å². The van der Waals surface area contributed by atoms with Crippen LogP contribution in [0.15, 0.2) is 78.9 Å². The standard InChI is InChI=1S/C29H34N2O2/c1-3-23-13-15-25(16-14-23)31(29(32)4-2)26-17-19-30(20-18-26)22-24-9-8-12-28(21-24)33-27-10-6-5-7-11-27/h5-16,21,26H,3-4,17-20,22H2,1-2H3. The number of piperidine rings is 1. The van der Waals surface area contributed by atoms with Crippen molar-refractivity contribution in [1.82, 2.24) is 4.90 Å². The third kappa shape index (κ3) is 6.02. The summed E-state index contributed by atoms with van der Waals surface area (Å²) in [5.74, 6) is 1.93. The first kappa shape index (κ1) is 23.1. The van der Waals surface area contributed by atoms with Crippen LogP contribution in [0.5, 0.6) is 11.5 Å². The Labute approximate surface area is 197 Å². The summed E-state index contributed by atoms with van der Waals surface area (Å²) >= 11 is 0. The van der Waals surface area contributed by atoms with E-state index in [1.54, 1.807) is 0 Å². The molecule has 3 aromatic carbocycles. The van der Waals surface area contributed by atoms with Crippen LogP contribution in [0.1, 0.15) is 44.2 Å². The molecule has 1 aliphatic heterocycles. The van der Waals surface area contributed by atoms with E-state index in [0.29, 0.717) is 6.42 Å². The van der Waals surface area contributed by atoms with Crippen LogP contribution in [-0.2, 0) is 17.8 Å². The molecule has 4 nitrogen and oxygen atoms in total. The van der Waals surface area contributed by atoms with E-state index in [1.807, 2.05) is 48.2 Å². The molecule has 0 aromatic heterocycles. The summed E-state index contributed by atoms with van der Waals surface area (Å²) in [4.78, 5) is 17.4. The molecule has 0 spiro atoms. The van der Waals surface area contributed by atoms with E-state index in [0.717, 1.165) is 56.1 Å². The Kier molecular flexibility index (Phi) is 7.79. The normalized spacial score (nSPS) is 14.7. The molecule has 33 heavy (non-hydrogen) atoms. The molecular formula is C29H34N2O2. The lowest BCUT2D eigenvalue weighted by atomic mass is 10.0. The zero-order valence-electron chi connectivity index (χ0n) is 19.7. The Bertz CT molecular complexity index is 1030. The van der Waals surface area contributed by atoms with Gasteiger partial charge in [-0.05, 0) is 66.8 Å². The second-order valence-corrected chi connectivity index (χ2v) is 8.71. The number of anilines is 1. The highest BCUT2D eigenvalue weighted by atomic mass is 16.5. The predicted octanol–water partition coefficient (Wildman–Crippen LogP) is 6.45. The fraction of sp³-hybridized carbons (Fsp3) is 0.345. The zero-order valence-corrected chi connectivity index (χ0v) is 19.7. The van der Waals surface area contributed by atoms with Crippen molar-refractivity contribution in [1.29, 1.82) is 0 Å². The van der Waals surface area contributed by atoms with Crippen molar-refractivity contribution in [2.45, 2.75) is 52.1 Å². The summed E-state index contributed by atoms with van der Waals surface area (Å²) in [6, 6.07) is 27.0. The van der Waals surface area contributed by atoms with Gasteiger partial charge in [0.15, 0.2) is 0 Å². The van der Waals surface area contributed by atoms with Crippen LogP contribution in [0, 0.1) is 0 Å². The summed E-state index contributed by atoms with van der Waals surface area (Å²) < 4.78 is 6.00. The van der Waals surface area contributed by atoms with Crippen LogP contribution < -0.4 is 9.64 Å². The number of carbonyl (C=O) groups excluding carboxylic acids is 1. The smallest absolute Gasteiger partial charge is 0.226 e. The number of carbonyl (C=O) groups is 1. The molecule has 0 saturated carbocycles. The Balaban J connectivity index is 1.37. The van der Waals surface area contributed by atoms with Gasteiger partial charge in [-0.3, -0.25) is 9.69 Å². The van der Waals surface area contributed by atoms with Gasteiger partial charge >= 0.3 is 0 Å². The van der Waals surface area contributed by atoms with Crippen molar-refractivity contribution in [3.05, 3.63) is 90.0 Å². The fourth-order valence-electron chi connectivity index (χ4n) is 4.55. The van der Waals surface area contributed by atoms with E-state index in [-0.39, 0.29) is 11.9 Å². The molecule has 4 rings (SSSR count). The zero-order chi connectivity index (χ0) is 23.0. The minimum atomic E-state index is 0.212. The molecule has 0 unspecified atom stereocenters. The third-order valence-electron chi connectivity index (χ3n) is 6.40. The SMILES string of the molecule is CCC(=O)N(c1ccc(CC)cc1)C1CCN(Cc2cccc(Oc3ccccc3)c2)CC1. The van der Waals surface area contributed by atoms with Gasteiger partial charge < -0.3 is 9.64 Å². The third-order valence-corrected chi connectivity index (χ3v) is 6.40. The summed E-state index contributed by atoms with van der Waals surface area (Å²) in [7, 11) is 0. The number of likely N-dealkylation sites (tertiary alicyclic amines) is 1. The highest BCUT2D eigenvalue weighted by molar-refractivity contribution is 5.93. The summed E-state index contributed by atoms with van der Waals surface area (Å²) in [6.45, 7) is 6.97. The number of hydrogen-bond acceptors (Lipinski definition) is 3. The molecule has 0 radical (unpaired) electrons. The number of nitrogens with zero attached hydrogens (tertiary/aromatic N) is 2. The number of amides is 1.